The van der Waals surface area contributed by atoms with Gasteiger partial charge >= 0.3 is 8.25 Å². The topological polar surface area (TPSA) is 83.6 Å². The minimum atomic E-state index is -2.70. The Bertz CT molecular complexity index is 1000. The number of carbonyl (C=O) groups is 1. The summed E-state index contributed by atoms with van der Waals surface area (Å²) < 4.78 is 24.5. The van der Waals surface area contributed by atoms with Gasteiger partial charge in [-0.25, -0.2) is 4.57 Å². The number of fused-ring (bicyclic) bond motifs is 1. The molecular weight excluding hydrogens is 399 g/mol. The fourth-order valence-electron chi connectivity index (χ4n) is 2.99. The van der Waals surface area contributed by atoms with Crippen LogP contribution in [0.5, 0.6) is 5.75 Å². The number of hydrogen-bond donors (Lipinski definition) is 1. The van der Waals surface area contributed by atoms with Crippen LogP contribution in [0.1, 0.15) is 24.5 Å². The highest BCUT2D eigenvalue weighted by molar-refractivity contribution is 7.33. The van der Waals surface area contributed by atoms with Crippen LogP contribution in [0, 0.1) is 0 Å². The van der Waals surface area contributed by atoms with Crippen LogP contribution in [-0.4, -0.2) is 17.1 Å². The van der Waals surface area contributed by atoms with Crippen molar-refractivity contribution >= 4 is 36.7 Å². The predicted molar refractivity (Wildman–Crippen MR) is 111 cm³/mol. The lowest BCUT2D eigenvalue weighted by atomic mass is 10.1. The summed E-state index contributed by atoms with van der Waals surface area (Å²) in [7, 11) is -2.70. The summed E-state index contributed by atoms with van der Waals surface area (Å²) >= 11 is 6.36. The van der Waals surface area contributed by atoms with Gasteiger partial charge in [0.25, 0.3) is 0 Å². The van der Waals surface area contributed by atoms with Crippen LogP contribution in [0.4, 0.5) is 0 Å². The quantitative estimate of drug-likeness (QED) is 0.514. The fraction of sp³-hybridized carbons (Fsp3) is 0.250. The standard InChI is InChI=1S/C20H22ClN2O4P/c1-2-8-26-28(25)27-19-10-16-15(9-20(22)24)13-23(18(16)11-17(19)21)12-14-6-4-3-5-7-14/h3-7,10-11,13,28H,2,8-9,12H2,1H3,(H2,22,24). The molecule has 148 valence electrons. The summed E-state index contributed by atoms with van der Waals surface area (Å²) in [4.78, 5) is 11.5. The normalized spacial score (nSPS) is 12.2. The first-order valence-electron chi connectivity index (χ1n) is 8.96. The molecule has 2 N–H and O–H groups in total. The van der Waals surface area contributed by atoms with Crippen LogP contribution in [0.25, 0.3) is 10.9 Å². The Balaban J connectivity index is 2.00. The van der Waals surface area contributed by atoms with Gasteiger partial charge in [-0.15, -0.1) is 0 Å². The lowest BCUT2D eigenvalue weighted by Gasteiger charge is -2.10. The van der Waals surface area contributed by atoms with Gasteiger partial charge in [-0.1, -0.05) is 48.9 Å². The van der Waals surface area contributed by atoms with E-state index in [0.29, 0.717) is 18.2 Å². The Hall–Kier alpha value is -2.27. The number of halogens is 1. The van der Waals surface area contributed by atoms with Crippen molar-refractivity contribution in [2.75, 3.05) is 6.61 Å². The van der Waals surface area contributed by atoms with Crippen LogP contribution in [0.15, 0.2) is 48.7 Å². The minimum Gasteiger partial charge on any atom is -0.425 e. The van der Waals surface area contributed by atoms with Gasteiger partial charge in [0.1, 0.15) is 5.75 Å². The number of hydrogen-bond acceptors (Lipinski definition) is 4. The molecule has 0 aliphatic carbocycles. The second-order valence-corrected chi connectivity index (χ2v) is 7.81. The number of carbonyl (C=O) groups excluding carboxylic acids is 1. The number of nitrogens with zero attached hydrogens (tertiary/aromatic N) is 1. The highest BCUT2D eigenvalue weighted by Crippen LogP contribution is 2.38. The van der Waals surface area contributed by atoms with E-state index in [1.165, 1.54) is 0 Å². The van der Waals surface area contributed by atoms with E-state index >= 15 is 0 Å². The molecule has 1 heterocycles. The molecule has 2 aromatic carbocycles. The number of primary amides is 1. The molecule has 0 aliphatic heterocycles. The highest BCUT2D eigenvalue weighted by atomic mass is 35.5. The van der Waals surface area contributed by atoms with Gasteiger partial charge in [0, 0.05) is 18.1 Å². The molecule has 8 heteroatoms. The van der Waals surface area contributed by atoms with Crippen molar-refractivity contribution in [3.63, 3.8) is 0 Å². The molecule has 0 saturated heterocycles. The summed E-state index contributed by atoms with van der Waals surface area (Å²) in [6.45, 7) is 2.88. The molecule has 3 rings (SSSR count). The molecule has 0 spiro atoms. The summed E-state index contributed by atoms with van der Waals surface area (Å²) in [5.74, 6) is -0.173. The molecule has 1 unspecified atom stereocenters. The van der Waals surface area contributed by atoms with Crippen molar-refractivity contribution < 1.29 is 18.4 Å². The van der Waals surface area contributed by atoms with Crippen molar-refractivity contribution in [2.45, 2.75) is 26.3 Å². The Kier molecular flexibility index (Phi) is 6.79. The van der Waals surface area contributed by atoms with Gasteiger partial charge < -0.3 is 19.3 Å². The lowest BCUT2D eigenvalue weighted by Crippen LogP contribution is -2.13. The molecule has 1 aromatic heterocycles. The van der Waals surface area contributed by atoms with Crippen LogP contribution < -0.4 is 10.3 Å². The molecular formula is C20H22ClN2O4P. The molecule has 0 saturated carbocycles. The Morgan fingerprint density at radius 2 is 2.00 bits per heavy atom. The second kappa shape index (κ2) is 9.28. The third kappa shape index (κ3) is 4.96. The first kappa shape index (κ1) is 20.5. The van der Waals surface area contributed by atoms with E-state index in [-0.39, 0.29) is 12.2 Å². The van der Waals surface area contributed by atoms with Gasteiger partial charge in [-0.05, 0) is 29.7 Å². The van der Waals surface area contributed by atoms with Gasteiger partial charge in [0.2, 0.25) is 5.91 Å². The monoisotopic (exact) mass is 420 g/mol. The SMILES string of the molecule is CCCO[PH](=O)Oc1cc2c(CC(N)=O)cn(Cc3ccccc3)c2cc1Cl. The summed E-state index contributed by atoms with van der Waals surface area (Å²) in [6, 6.07) is 13.4. The number of nitrogens with two attached hydrogens (primary N) is 1. The predicted octanol–water partition coefficient (Wildman–Crippen LogP) is 4.57. The number of rotatable bonds is 9. The van der Waals surface area contributed by atoms with Crippen LogP contribution in [0.2, 0.25) is 5.02 Å². The maximum Gasteiger partial charge on any atom is 0.367 e. The maximum atomic E-state index is 12.0. The molecule has 1 atom stereocenters. The third-order valence-corrected chi connectivity index (χ3v) is 5.32. The molecule has 1 amide bonds. The van der Waals surface area contributed by atoms with E-state index in [2.05, 4.69) is 0 Å². The Labute approximate surface area is 169 Å². The smallest absolute Gasteiger partial charge is 0.367 e. The largest absolute Gasteiger partial charge is 0.425 e. The molecule has 0 aliphatic rings. The van der Waals surface area contributed by atoms with Crippen LogP contribution in [0.3, 0.4) is 0 Å². The molecule has 0 bridgehead atoms. The number of amides is 1. The van der Waals surface area contributed by atoms with Crippen molar-refractivity contribution in [2.24, 2.45) is 5.73 Å². The van der Waals surface area contributed by atoms with Crippen LogP contribution in [-0.2, 0) is 26.8 Å². The van der Waals surface area contributed by atoms with Gasteiger partial charge in [-0.3, -0.25) is 4.79 Å². The zero-order chi connectivity index (χ0) is 20.1. The van der Waals surface area contributed by atoms with Gasteiger partial charge in [0.05, 0.1) is 23.6 Å². The molecule has 28 heavy (non-hydrogen) atoms. The third-order valence-electron chi connectivity index (χ3n) is 4.20. The van der Waals surface area contributed by atoms with Crippen molar-refractivity contribution in [3.05, 3.63) is 64.8 Å². The van der Waals surface area contributed by atoms with Crippen molar-refractivity contribution in [3.8, 4) is 5.75 Å². The van der Waals surface area contributed by atoms with Crippen LogP contribution >= 0.6 is 19.9 Å². The van der Waals surface area contributed by atoms with Crippen molar-refractivity contribution in [1.29, 1.82) is 0 Å². The minimum absolute atomic E-state index is 0.0842. The summed E-state index contributed by atoms with van der Waals surface area (Å²) in [5, 5.41) is 1.10. The number of benzene rings is 2. The van der Waals surface area contributed by atoms with E-state index in [0.717, 1.165) is 28.5 Å². The number of aromatic nitrogens is 1. The summed E-state index contributed by atoms with van der Waals surface area (Å²) in [5.41, 5.74) is 8.12. The average Bonchev–Trinajstić information content (AvgIpc) is 2.97. The molecule has 6 nitrogen and oxygen atoms in total. The summed E-state index contributed by atoms with van der Waals surface area (Å²) in [6.07, 6.45) is 2.71. The maximum absolute atomic E-state index is 12.0. The first-order chi connectivity index (χ1) is 13.5. The Morgan fingerprint density at radius 3 is 2.68 bits per heavy atom. The zero-order valence-corrected chi connectivity index (χ0v) is 17.2. The highest BCUT2D eigenvalue weighted by Gasteiger charge is 2.16. The fourth-order valence-corrected chi connectivity index (χ4v) is 4.03. The average molecular weight is 421 g/mol. The first-order valence-corrected chi connectivity index (χ1v) is 10.6. The van der Waals surface area contributed by atoms with E-state index in [4.69, 9.17) is 26.4 Å². The Morgan fingerprint density at radius 1 is 1.25 bits per heavy atom. The van der Waals surface area contributed by atoms with E-state index in [1.807, 2.05) is 48.0 Å². The van der Waals surface area contributed by atoms with E-state index < -0.39 is 14.2 Å². The molecule has 0 fully saturated rings. The lowest BCUT2D eigenvalue weighted by molar-refractivity contribution is -0.117. The van der Waals surface area contributed by atoms with Crippen molar-refractivity contribution in [1.82, 2.24) is 4.57 Å². The van der Waals surface area contributed by atoms with E-state index in [1.54, 1.807) is 12.1 Å². The van der Waals surface area contributed by atoms with Gasteiger partial charge in [0.15, 0.2) is 0 Å². The molecule has 0 radical (unpaired) electrons. The van der Waals surface area contributed by atoms with Gasteiger partial charge in [-0.2, -0.15) is 0 Å². The van der Waals surface area contributed by atoms with E-state index in [9.17, 15) is 9.36 Å². The zero-order valence-electron chi connectivity index (χ0n) is 15.5. The molecule has 3 aromatic rings. The second-order valence-electron chi connectivity index (χ2n) is 6.41.